The predicted octanol–water partition coefficient (Wildman–Crippen LogP) is 2.23. The minimum absolute atomic E-state index is 0.0969. The molecule has 122 valence electrons. The highest BCUT2D eigenvalue weighted by Gasteiger charge is 2.29. The number of nitrogens with one attached hydrogen (secondary N) is 2. The Morgan fingerprint density at radius 1 is 1.21 bits per heavy atom. The van der Waals surface area contributed by atoms with Gasteiger partial charge in [0.05, 0.1) is 5.52 Å². The van der Waals surface area contributed by atoms with Crippen LogP contribution in [0.15, 0.2) is 41.2 Å². The minimum Gasteiger partial charge on any atom is -0.330 e. The average molecular weight is 322 g/mol. The second-order valence-corrected chi connectivity index (χ2v) is 6.14. The van der Waals surface area contributed by atoms with Gasteiger partial charge >= 0.3 is 5.69 Å². The van der Waals surface area contributed by atoms with E-state index in [0.29, 0.717) is 23.4 Å². The van der Waals surface area contributed by atoms with Crippen molar-refractivity contribution in [2.75, 3.05) is 0 Å². The van der Waals surface area contributed by atoms with Crippen molar-refractivity contribution in [3.05, 3.63) is 63.7 Å². The number of benzene rings is 1. The highest BCUT2D eigenvalue weighted by atomic mass is 16.2. The van der Waals surface area contributed by atoms with E-state index in [9.17, 15) is 9.59 Å². The Morgan fingerprint density at radius 3 is 2.79 bits per heavy atom. The van der Waals surface area contributed by atoms with Crippen molar-refractivity contribution >= 4 is 17.1 Å². The lowest BCUT2D eigenvalue weighted by Gasteiger charge is -2.36. The molecular formula is C18H18N4O2. The number of imidazole rings is 1. The number of H-pyrrole nitrogens is 2. The van der Waals surface area contributed by atoms with Crippen molar-refractivity contribution in [2.24, 2.45) is 0 Å². The van der Waals surface area contributed by atoms with Gasteiger partial charge in [-0.25, -0.2) is 9.78 Å². The molecule has 6 nitrogen and oxygen atoms in total. The monoisotopic (exact) mass is 322 g/mol. The molecular weight excluding hydrogens is 304 g/mol. The summed E-state index contributed by atoms with van der Waals surface area (Å²) in [5.41, 5.74) is 3.55. The molecule has 3 aromatic rings. The van der Waals surface area contributed by atoms with Gasteiger partial charge in [-0.2, -0.15) is 0 Å². The van der Waals surface area contributed by atoms with Crippen LogP contribution in [-0.2, 0) is 13.0 Å². The van der Waals surface area contributed by atoms with Gasteiger partial charge in [0.1, 0.15) is 5.69 Å². The quantitative estimate of drug-likeness (QED) is 0.759. The van der Waals surface area contributed by atoms with E-state index in [2.05, 4.69) is 34.0 Å². The van der Waals surface area contributed by atoms with E-state index in [1.165, 1.54) is 11.1 Å². The van der Waals surface area contributed by atoms with Crippen LogP contribution < -0.4 is 5.69 Å². The average Bonchev–Trinajstić information content (AvgIpc) is 2.99. The molecule has 3 heterocycles. The van der Waals surface area contributed by atoms with Gasteiger partial charge in [-0.1, -0.05) is 31.2 Å². The third kappa shape index (κ3) is 2.40. The van der Waals surface area contributed by atoms with Crippen molar-refractivity contribution in [2.45, 2.75) is 32.4 Å². The summed E-state index contributed by atoms with van der Waals surface area (Å²) in [6.07, 6.45) is 1.75. The fourth-order valence-electron chi connectivity index (χ4n) is 3.37. The van der Waals surface area contributed by atoms with E-state index in [1.807, 2.05) is 17.0 Å². The Labute approximate surface area is 138 Å². The molecule has 24 heavy (non-hydrogen) atoms. The molecule has 1 unspecified atom stereocenters. The zero-order chi connectivity index (χ0) is 16.7. The number of aromatic amines is 2. The number of aromatic nitrogens is 3. The first-order valence-corrected chi connectivity index (χ1v) is 8.12. The van der Waals surface area contributed by atoms with Crippen LogP contribution in [0.25, 0.3) is 11.2 Å². The molecule has 1 atom stereocenters. The molecule has 1 aliphatic heterocycles. The zero-order valence-electron chi connectivity index (χ0n) is 13.4. The molecule has 1 amide bonds. The Kier molecular flexibility index (Phi) is 3.45. The summed E-state index contributed by atoms with van der Waals surface area (Å²) in [5.74, 6) is -0.0969. The van der Waals surface area contributed by atoms with E-state index < -0.39 is 0 Å². The zero-order valence-corrected chi connectivity index (χ0v) is 13.4. The van der Waals surface area contributed by atoms with Gasteiger partial charge in [0.25, 0.3) is 5.91 Å². The minimum atomic E-state index is -0.319. The summed E-state index contributed by atoms with van der Waals surface area (Å²) in [5, 5.41) is 0. The number of nitrogens with zero attached hydrogens (tertiary/aromatic N) is 2. The topological polar surface area (TPSA) is 81.9 Å². The van der Waals surface area contributed by atoms with Gasteiger partial charge in [-0.05, 0) is 36.1 Å². The van der Waals surface area contributed by atoms with Crippen molar-refractivity contribution in [1.82, 2.24) is 19.9 Å². The second kappa shape index (κ2) is 5.63. The normalized spacial score (nSPS) is 17.0. The summed E-state index contributed by atoms with van der Waals surface area (Å²) in [4.78, 5) is 35.8. The van der Waals surface area contributed by atoms with Crippen molar-refractivity contribution in [3.8, 4) is 0 Å². The number of amides is 1. The van der Waals surface area contributed by atoms with E-state index >= 15 is 0 Å². The van der Waals surface area contributed by atoms with Gasteiger partial charge in [-0.15, -0.1) is 0 Å². The van der Waals surface area contributed by atoms with Crippen LogP contribution in [0.4, 0.5) is 0 Å². The fourth-order valence-corrected chi connectivity index (χ4v) is 3.37. The van der Waals surface area contributed by atoms with E-state index in [1.54, 1.807) is 12.1 Å². The molecule has 0 aliphatic carbocycles. The molecule has 2 N–H and O–H groups in total. The summed E-state index contributed by atoms with van der Waals surface area (Å²) in [7, 11) is 0. The molecule has 0 bridgehead atoms. The van der Waals surface area contributed by atoms with E-state index in [4.69, 9.17) is 0 Å². The maximum atomic E-state index is 13.0. The molecule has 1 aliphatic rings. The lowest BCUT2D eigenvalue weighted by molar-refractivity contribution is 0.0629. The number of pyridine rings is 1. The van der Waals surface area contributed by atoms with E-state index in [0.717, 1.165) is 12.8 Å². The van der Waals surface area contributed by atoms with Crippen LogP contribution in [-0.4, -0.2) is 31.8 Å². The number of fused-ring (bicyclic) bond motifs is 2. The molecule has 1 aromatic carbocycles. The third-order valence-corrected chi connectivity index (χ3v) is 4.68. The van der Waals surface area contributed by atoms with Crippen LogP contribution in [0.3, 0.4) is 0 Å². The molecule has 6 heteroatoms. The first-order valence-electron chi connectivity index (χ1n) is 8.12. The predicted molar refractivity (Wildman–Crippen MR) is 90.8 cm³/mol. The van der Waals surface area contributed by atoms with Crippen LogP contribution >= 0.6 is 0 Å². The highest BCUT2D eigenvalue weighted by molar-refractivity contribution is 5.94. The highest BCUT2D eigenvalue weighted by Crippen LogP contribution is 2.26. The van der Waals surface area contributed by atoms with Gasteiger partial charge in [0, 0.05) is 12.6 Å². The maximum absolute atomic E-state index is 13.0. The van der Waals surface area contributed by atoms with Crippen LogP contribution in [0.1, 0.15) is 35.0 Å². The molecule has 0 radical (unpaired) electrons. The lowest BCUT2D eigenvalue weighted by Crippen LogP contribution is -2.44. The first kappa shape index (κ1) is 14.7. The number of carbonyl (C=O) groups is 1. The molecule has 0 saturated heterocycles. The van der Waals surface area contributed by atoms with Gasteiger partial charge in [-0.3, -0.25) is 9.78 Å². The summed E-state index contributed by atoms with van der Waals surface area (Å²) in [6.45, 7) is 2.69. The van der Waals surface area contributed by atoms with Crippen LogP contribution in [0.5, 0.6) is 0 Å². The number of hydrogen-bond donors (Lipinski definition) is 2. The fraction of sp³-hybridized carbons (Fsp3) is 0.278. The maximum Gasteiger partial charge on any atom is 0.325 e. The lowest BCUT2D eigenvalue weighted by atomic mass is 9.92. The molecule has 0 fully saturated rings. The van der Waals surface area contributed by atoms with E-state index in [-0.39, 0.29) is 17.6 Å². The van der Waals surface area contributed by atoms with Crippen LogP contribution in [0, 0.1) is 0 Å². The standard InChI is InChI=1S/C18H18N4O2/c1-2-13-9-11-5-3-4-6-12(11)10-22(13)17(23)15-8-7-14-16(19-15)21-18(24)20-14/h3-8,13H,2,9-10H2,1H3,(H2,19,20,21,24). The van der Waals surface area contributed by atoms with Crippen molar-refractivity contribution in [3.63, 3.8) is 0 Å². The second-order valence-electron chi connectivity index (χ2n) is 6.14. The smallest absolute Gasteiger partial charge is 0.325 e. The Bertz CT molecular complexity index is 972. The Balaban J connectivity index is 1.70. The Hall–Kier alpha value is -2.89. The first-order chi connectivity index (χ1) is 11.7. The molecule has 2 aromatic heterocycles. The number of carbonyl (C=O) groups excluding carboxylic acids is 1. The number of rotatable bonds is 2. The summed E-state index contributed by atoms with van der Waals surface area (Å²) in [6, 6.07) is 11.8. The summed E-state index contributed by atoms with van der Waals surface area (Å²) >= 11 is 0. The van der Waals surface area contributed by atoms with Gasteiger partial charge in [0.15, 0.2) is 5.65 Å². The third-order valence-electron chi connectivity index (χ3n) is 4.68. The Morgan fingerprint density at radius 2 is 2.00 bits per heavy atom. The van der Waals surface area contributed by atoms with Gasteiger partial charge < -0.3 is 9.88 Å². The van der Waals surface area contributed by atoms with Crippen molar-refractivity contribution < 1.29 is 4.79 Å². The molecule has 4 rings (SSSR count). The SMILES string of the molecule is CCC1Cc2ccccc2CN1C(=O)c1ccc2[nH]c(=O)[nH]c2n1. The molecule has 0 saturated carbocycles. The van der Waals surface area contributed by atoms with Gasteiger partial charge in [0.2, 0.25) is 0 Å². The largest absolute Gasteiger partial charge is 0.330 e. The molecule has 0 spiro atoms. The number of hydrogen-bond acceptors (Lipinski definition) is 3. The summed E-state index contributed by atoms with van der Waals surface area (Å²) < 4.78 is 0. The van der Waals surface area contributed by atoms with Crippen LogP contribution in [0.2, 0.25) is 0 Å². The van der Waals surface area contributed by atoms with Crippen molar-refractivity contribution in [1.29, 1.82) is 0 Å².